The molecule has 1 unspecified atom stereocenters. The van der Waals surface area contributed by atoms with Crippen molar-refractivity contribution in [2.45, 2.75) is 38.8 Å². The van der Waals surface area contributed by atoms with Gasteiger partial charge in [-0.25, -0.2) is 0 Å². The molecule has 0 spiro atoms. The summed E-state index contributed by atoms with van der Waals surface area (Å²) in [5.41, 5.74) is 0.814. The SMILES string of the molecule is COc1ccc(CC(=O)NC(C)c2nnc3n2CCC3)c(OC)c1. The van der Waals surface area contributed by atoms with Crippen LogP contribution in [0, 0.1) is 0 Å². The molecule has 128 valence electrons. The van der Waals surface area contributed by atoms with Crippen LogP contribution in [-0.2, 0) is 24.2 Å². The van der Waals surface area contributed by atoms with Crippen LogP contribution in [0.5, 0.6) is 11.5 Å². The second-order valence-corrected chi connectivity index (χ2v) is 5.87. The van der Waals surface area contributed by atoms with Crippen LogP contribution in [0.1, 0.15) is 36.6 Å². The van der Waals surface area contributed by atoms with Crippen molar-refractivity contribution in [2.75, 3.05) is 14.2 Å². The minimum atomic E-state index is -0.180. The Morgan fingerprint density at radius 3 is 2.92 bits per heavy atom. The molecule has 0 fully saturated rings. The summed E-state index contributed by atoms with van der Waals surface area (Å²) < 4.78 is 12.6. The van der Waals surface area contributed by atoms with Crippen LogP contribution in [0.3, 0.4) is 0 Å². The van der Waals surface area contributed by atoms with Crippen LogP contribution in [0.2, 0.25) is 0 Å². The van der Waals surface area contributed by atoms with Gasteiger partial charge in [0.05, 0.1) is 26.7 Å². The molecule has 0 saturated carbocycles. The van der Waals surface area contributed by atoms with Gasteiger partial charge in [0, 0.05) is 24.6 Å². The largest absolute Gasteiger partial charge is 0.497 e. The molecule has 0 aliphatic carbocycles. The minimum absolute atomic E-state index is 0.0821. The zero-order chi connectivity index (χ0) is 17.1. The number of nitrogens with one attached hydrogen (secondary N) is 1. The van der Waals surface area contributed by atoms with E-state index >= 15 is 0 Å². The predicted octanol–water partition coefficient (Wildman–Crippen LogP) is 1.66. The third-order valence-corrected chi connectivity index (χ3v) is 4.25. The molecule has 1 aromatic carbocycles. The lowest BCUT2D eigenvalue weighted by Gasteiger charge is -2.15. The van der Waals surface area contributed by atoms with Crippen LogP contribution in [-0.4, -0.2) is 34.9 Å². The molecule has 24 heavy (non-hydrogen) atoms. The molecule has 1 aliphatic heterocycles. The molecule has 7 nitrogen and oxygen atoms in total. The fourth-order valence-corrected chi connectivity index (χ4v) is 3.02. The second-order valence-electron chi connectivity index (χ2n) is 5.87. The molecular weight excluding hydrogens is 308 g/mol. The number of hydrogen-bond donors (Lipinski definition) is 1. The van der Waals surface area contributed by atoms with Crippen molar-refractivity contribution in [2.24, 2.45) is 0 Å². The molecule has 1 aliphatic rings. The topological polar surface area (TPSA) is 78.3 Å². The molecule has 1 amide bonds. The fourth-order valence-electron chi connectivity index (χ4n) is 3.02. The Hall–Kier alpha value is -2.57. The van der Waals surface area contributed by atoms with E-state index in [0.717, 1.165) is 36.6 Å². The van der Waals surface area contributed by atoms with Gasteiger partial charge in [-0.2, -0.15) is 0 Å². The molecular formula is C17H22N4O3. The maximum atomic E-state index is 12.4. The van der Waals surface area contributed by atoms with Gasteiger partial charge in [-0.05, 0) is 19.4 Å². The molecule has 3 rings (SSSR count). The van der Waals surface area contributed by atoms with Crippen LogP contribution in [0.4, 0.5) is 0 Å². The average molecular weight is 330 g/mol. The zero-order valence-corrected chi connectivity index (χ0v) is 14.2. The van der Waals surface area contributed by atoms with E-state index in [-0.39, 0.29) is 18.4 Å². The molecule has 7 heteroatoms. The van der Waals surface area contributed by atoms with Gasteiger partial charge in [0.25, 0.3) is 0 Å². The molecule has 2 heterocycles. The number of carbonyl (C=O) groups is 1. The Morgan fingerprint density at radius 1 is 1.33 bits per heavy atom. The number of nitrogens with zero attached hydrogens (tertiary/aromatic N) is 3. The van der Waals surface area contributed by atoms with Crippen molar-refractivity contribution in [1.82, 2.24) is 20.1 Å². The number of benzene rings is 1. The van der Waals surface area contributed by atoms with E-state index in [1.54, 1.807) is 20.3 Å². The van der Waals surface area contributed by atoms with Crippen LogP contribution >= 0.6 is 0 Å². The van der Waals surface area contributed by atoms with Crippen LogP contribution < -0.4 is 14.8 Å². The highest BCUT2D eigenvalue weighted by atomic mass is 16.5. The Balaban J connectivity index is 1.67. The van der Waals surface area contributed by atoms with Gasteiger partial charge in [0.2, 0.25) is 5.91 Å². The smallest absolute Gasteiger partial charge is 0.225 e. The zero-order valence-electron chi connectivity index (χ0n) is 14.2. The maximum Gasteiger partial charge on any atom is 0.225 e. The number of hydrogen-bond acceptors (Lipinski definition) is 5. The normalized spacial score (nSPS) is 14.1. The highest BCUT2D eigenvalue weighted by molar-refractivity contribution is 5.79. The second kappa shape index (κ2) is 6.90. The molecule has 1 aromatic heterocycles. The van der Waals surface area contributed by atoms with E-state index in [9.17, 15) is 4.79 Å². The first-order valence-electron chi connectivity index (χ1n) is 8.04. The molecule has 0 radical (unpaired) electrons. The Bertz CT molecular complexity index is 741. The highest BCUT2D eigenvalue weighted by Gasteiger charge is 2.22. The summed E-state index contributed by atoms with van der Waals surface area (Å²) in [6.07, 6.45) is 2.27. The summed E-state index contributed by atoms with van der Waals surface area (Å²) in [5.74, 6) is 3.07. The number of methoxy groups -OCH3 is 2. The summed E-state index contributed by atoms with van der Waals surface area (Å²) in [5, 5.41) is 11.4. The van der Waals surface area contributed by atoms with Gasteiger partial charge >= 0.3 is 0 Å². The maximum absolute atomic E-state index is 12.4. The number of fused-ring (bicyclic) bond motifs is 1. The lowest BCUT2D eigenvalue weighted by Crippen LogP contribution is -2.30. The van der Waals surface area contributed by atoms with Crippen molar-refractivity contribution in [3.8, 4) is 11.5 Å². The lowest BCUT2D eigenvalue weighted by molar-refractivity contribution is -0.121. The summed E-state index contributed by atoms with van der Waals surface area (Å²) in [6.45, 7) is 2.85. The molecule has 0 saturated heterocycles. The van der Waals surface area contributed by atoms with E-state index < -0.39 is 0 Å². The van der Waals surface area contributed by atoms with E-state index in [2.05, 4.69) is 20.1 Å². The summed E-state index contributed by atoms with van der Waals surface area (Å²) in [4.78, 5) is 12.4. The van der Waals surface area contributed by atoms with Crippen molar-refractivity contribution in [3.63, 3.8) is 0 Å². The van der Waals surface area contributed by atoms with Crippen LogP contribution in [0.15, 0.2) is 18.2 Å². The van der Waals surface area contributed by atoms with E-state index in [4.69, 9.17) is 9.47 Å². The number of carbonyl (C=O) groups excluding carboxylic acids is 1. The first-order valence-corrected chi connectivity index (χ1v) is 8.04. The van der Waals surface area contributed by atoms with Crippen molar-refractivity contribution < 1.29 is 14.3 Å². The van der Waals surface area contributed by atoms with E-state index in [1.807, 2.05) is 19.1 Å². The quantitative estimate of drug-likeness (QED) is 0.871. The van der Waals surface area contributed by atoms with Gasteiger partial charge in [0.1, 0.15) is 17.3 Å². The van der Waals surface area contributed by atoms with Gasteiger partial charge in [-0.15, -0.1) is 10.2 Å². The Morgan fingerprint density at radius 2 is 2.17 bits per heavy atom. The number of rotatable bonds is 6. The molecule has 2 aromatic rings. The summed E-state index contributed by atoms with van der Waals surface area (Å²) in [6, 6.07) is 5.26. The first kappa shape index (κ1) is 16.3. The van der Waals surface area contributed by atoms with Crippen LogP contribution in [0.25, 0.3) is 0 Å². The standard InChI is InChI=1S/C17H22N4O3/c1-11(17-20-19-15-5-4-8-21(15)17)18-16(22)9-12-6-7-13(23-2)10-14(12)24-3/h6-7,10-11H,4-5,8-9H2,1-3H3,(H,18,22). The van der Waals surface area contributed by atoms with Gasteiger partial charge in [-0.3, -0.25) is 4.79 Å². The lowest BCUT2D eigenvalue weighted by atomic mass is 10.1. The fraction of sp³-hybridized carbons (Fsp3) is 0.471. The Kier molecular flexibility index (Phi) is 4.69. The predicted molar refractivity (Wildman–Crippen MR) is 88.2 cm³/mol. The third kappa shape index (κ3) is 3.20. The van der Waals surface area contributed by atoms with Gasteiger partial charge in [0.15, 0.2) is 5.82 Å². The molecule has 0 bridgehead atoms. The van der Waals surface area contributed by atoms with Gasteiger partial charge < -0.3 is 19.4 Å². The molecule has 1 atom stereocenters. The molecule has 1 N–H and O–H groups in total. The number of aromatic nitrogens is 3. The third-order valence-electron chi connectivity index (χ3n) is 4.25. The first-order chi connectivity index (χ1) is 11.6. The highest BCUT2D eigenvalue weighted by Crippen LogP contribution is 2.25. The summed E-state index contributed by atoms with van der Waals surface area (Å²) in [7, 11) is 3.18. The van der Waals surface area contributed by atoms with E-state index in [0.29, 0.717) is 11.5 Å². The van der Waals surface area contributed by atoms with Crippen molar-refractivity contribution in [3.05, 3.63) is 35.4 Å². The van der Waals surface area contributed by atoms with Gasteiger partial charge in [-0.1, -0.05) is 6.07 Å². The summed E-state index contributed by atoms with van der Waals surface area (Å²) >= 11 is 0. The average Bonchev–Trinajstić information content (AvgIpc) is 3.18. The number of ether oxygens (including phenoxy) is 2. The number of amides is 1. The van der Waals surface area contributed by atoms with Crippen molar-refractivity contribution >= 4 is 5.91 Å². The monoisotopic (exact) mass is 330 g/mol. The van der Waals surface area contributed by atoms with Crippen molar-refractivity contribution in [1.29, 1.82) is 0 Å². The number of aryl methyl sites for hydroxylation is 1. The van der Waals surface area contributed by atoms with E-state index in [1.165, 1.54) is 0 Å². The minimum Gasteiger partial charge on any atom is -0.497 e. The Labute approximate surface area is 141 Å².